The molecule has 0 N–H and O–H groups in total. The second kappa shape index (κ2) is 4.88. The summed E-state index contributed by atoms with van der Waals surface area (Å²) >= 11 is 9.15. The summed E-state index contributed by atoms with van der Waals surface area (Å²) in [5.74, 6) is 0.736. The first-order valence-electron chi connectivity index (χ1n) is 4.05. The first kappa shape index (κ1) is 10.1. The minimum atomic E-state index is 0.736. The average Bonchev–Trinajstić information content (AvgIpc) is 2.07. The van der Waals surface area contributed by atoms with Gasteiger partial charge in [-0.1, -0.05) is 33.6 Å². The second-order valence-electron chi connectivity index (χ2n) is 2.89. The number of hydrogen-bond acceptors (Lipinski definition) is 0. The molecular formula is C10H12BrCl. The summed E-state index contributed by atoms with van der Waals surface area (Å²) in [5.41, 5.74) is 2.67. The van der Waals surface area contributed by atoms with Crippen LogP contribution in [0.3, 0.4) is 0 Å². The minimum absolute atomic E-state index is 0.736. The molecule has 1 aromatic rings. The lowest BCUT2D eigenvalue weighted by atomic mass is 10.1. The molecule has 0 aliphatic rings. The third-order valence-corrected chi connectivity index (χ3v) is 2.82. The fourth-order valence-corrected chi connectivity index (χ4v) is 1.73. The lowest BCUT2D eigenvalue weighted by molar-refractivity contribution is 0.922. The summed E-state index contributed by atoms with van der Waals surface area (Å²) in [5, 5.41) is 0. The van der Waals surface area contributed by atoms with E-state index in [4.69, 9.17) is 11.6 Å². The van der Waals surface area contributed by atoms with Crippen molar-refractivity contribution in [1.82, 2.24) is 0 Å². The molecule has 0 radical (unpaired) electrons. The van der Waals surface area contributed by atoms with Crippen molar-refractivity contribution in [1.29, 1.82) is 0 Å². The van der Waals surface area contributed by atoms with Crippen LogP contribution in [0, 0.1) is 6.92 Å². The topological polar surface area (TPSA) is 0 Å². The third kappa shape index (κ3) is 2.80. The molecule has 0 fully saturated rings. The molecule has 0 spiro atoms. The highest BCUT2D eigenvalue weighted by Crippen LogP contribution is 2.19. The van der Waals surface area contributed by atoms with Gasteiger partial charge in [0.05, 0.1) is 0 Å². The summed E-state index contributed by atoms with van der Waals surface area (Å²) in [6, 6.07) is 6.41. The van der Waals surface area contributed by atoms with Crippen molar-refractivity contribution in [3.63, 3.8) is 0 Å². The van der Waals surface area contributed by atoms with Crippen LogP contribution in [0.25, 0.3) is 0 Å². The van der Waals surface area contributed by atoms with Crippen molar-refractivity contribution in [3.05, 3.63) is 33.8 Å². The zero-order valence-electron chi connectivity index (χ0n) is 7.11. The Bertz CT molecular complexity index is 258. The van der Waals surface area contributed by atoms with Crippen molar-refractivity contribution in [2.45, 2.75) is 19.8 Å². The Morgan fingerprint density at radius 2 is 2.17 bits per heavy atom. The molecule has 0 aliphatic carbocycles. The van der Waals surface area contributed by atoms with E-state index in [1.165, 1.54) is 15.6 Å². The highest BCUT2D eigenvalue weighted by atomic mass is 79.9. The molecule has 12 heavy (non-hydrogen) atoms. The molecule has 1 rings (SSSR count). The maximum absolute atomic E-state index is 5.63. The summed E-state index contributed by atoms with van der Waals surface area (Å²) in [4.78, 5) is 0. The quantitative estimate of drug-likeness (QED) is 0.710. The molecule has 0 bridgehead atoms. The standard InChI is InChI=1S/C10H12BrCl/c1-8-4-5-10(11)9(7-8)3-2-6-12/h4-5,7H,2-3,6H2,1H3. The number of halogens is 2. The van der Waals surface area contributed by atoms with Gasteiger partial charge < -0.3 is 0 Å². The van der Waals surface area contributed by atoms with Gasteiger partial charge in [0.25, 0.3) is 0 Å². The molecule has 0 unspecified atom stereocenters. The van der Waals surface area contributed by atoms with Crippen LogP contribution < -0.4 is 0 Å². The van der Waals surface area contributed by atoms with Gasteiger partial charge in [0, 0.05) is 10.4 Å². The lowest BCUT2D eigenvalue weighted by Gasteiger charge is -2.03. The molecular weight excluding hydrogens is 235 g/mol. The molecule has 0 heterocycles. The normalized spacial score (nSPS) is 10.2. The van der Waals surface area contributed by atoms with E-state index in [-0.39, 0.29) is 0 Å². The van der Waals surface area contributed by atoms with Crippen molar-refractivity contribution in [2.75, 3.05) is 5.88 Å². The van der Waals surface area contributed by atoms with Gasteiger partial charge in [0.2, 0.25) is 0 Å². The number of benzene rings is 1. The monoisotopic (exact) mass is 246 g/mol. The SMILES string of the molecule is Cc1ccc(Br)c(CCCCl)c1. The molecule has 0 nitrogen and oxygen atoms in total. The van der Waals surface area contributed by atoms with Crippen molar-refractivity contribution in [3.8, 4) is 0 Å². The smallest absolute Gasteiger partial charge is 0.0226 e. The van der Waals surface area contributed by atoms with Crippen molar-refractivity contribution in [2.24, 2.45) is 0 Å². The highest BCUT2D eigenvalue weighted by molar-refractivity contribution is 9.10. The van der Waals surface area contributed by atoms with Gasteiger partial charge in [-0.25, -0.2) is 0 Å². The predicted molar refractivity (Wildman–Crippen MR) is 57.9 cm³/mol. The van der Waals surface area contributed by atoms with E-state index < -0.39 is 0 Å². The lowest BCUT2D eigenvalue weighted by Crippen LogP contribution is -1.88. The van der Waals surface area contributed by atoms with Crippen LogP contribution in [0.5, 0.6) is 0 Å². The molecule has 1 aromatic carbocycles. The van der Waals surface area contributed by atoms with Crippen molar-refractivity contribution >= 4 is 27.5 Å². The van der Waals surface area contributed by atoms with Crippen LogP contribution in [0.4, 0.5) is 0 Å². The van der Waals surface area contributed by atoms with Crippen LogP contribution in [0.15, 0.2) is 22.7 Å². The fourth-order valence-electron chi connectivity index (χ4n) is 1.15. The molecule has 0 atom stereocenters. The van der Waals surface area contributed by atoms with E-state index in [1.54, 1.807) is 0 Å². The van der Waals surface area contributed by atoms with Gasteiger partial charge in [-0.2, -0.15) is 0 Å². The summed E-state index contributed by atoms with van der Waals surface area (Å²) < 4.78 is 1.19. The Balaban J connectivity index is 2.75. The molecule has 0 aliphatic heterocycles. The number of aryl methyl sites for hydroxylation is 2. The van der Waals surface area contributed by atoms with Crippen LogP contribution in [-0.4, -0.2) is 5.88 Å². The largest absolute Gasteiger partial charge is 0.127 e. The van der Waals surface area contributed by atoms with Gasteiger partial charge in [-0.05, 0) is 31.4 Å². The number of alkyl halides is 1. The van der Waals surface area contributed by atoms with Gasteiger partial charge in [0.15, 0.2) is 0 Å². The van der Waals surface area contributed by atoms with E-state index in [1.807, 2.05) is 0 Å². The van der Waals surface area contributed by atoms with Crippen LogP contribution in [0.1, 0.15) is 17.5 Å². The number of hydrogen-bond donors (Lipinski definition) is 0. The fraction of sp³-hybridized carbons (Fsp3) is 0.400. The van der Waals surface area contributed by atoms with Gasteiger partial charge in [-0.3, -0.25) is 0 Å². The first-order chi connectivity index (χ1) is 5.74. The average molecular weight is 248 g/mol. The molecule has 0 saturated carbocycles. The first-order valence-corrected chi connectivity index (χ1v) is 5.38. The molecule has 66 valence electrons. The third-order valence-electron chi connectivity index (χ3n) is 1.78. The molecule has 0 saturated heterocycles. The Morgan fingerprint density at radius 1 is 1.42 bits per heavy atom. The Kier molecular flexibility index (Phi) is 4.10. The second-order valence-corrected chi connectivity index (χ2v) is 4.12. The van der Waals surface area contributed by atoms with E-state index in [9.17, 15) is 0 Å². The summed E-state index contributed by atoms with van der Waals surface area (Å²) in [7, 11) is 0. The Morgan fingerprint density at radius 3 is 2.83 bits per heavy atom. The summed E-state index contributed by atoms with van der Waals surface area (Å²) in [6.45, 7) is 2.11. The van der Waals surface area contributed by atoms with E-state index in [0.717, 1.165) is 18.7 Å². The van der Waals surface area contributed by atoms with E-state index in [0.29, 0.717) is 0 Å². The van der Waals surface area contributed by atoms with E-state index >= 15 is 0 Å². The molecule has 0 aromatic heterocycles. The molecule has 2 heteroatoms. The van der Waals surface area contributed by atoms with Gasteiger partial charge in [-0.15, -0.1) is 11.6 Å². The van der Waals surface area contributed by atoms with Crippen LogP contribution in [-0.2, 0) is 6.42 Å². The van der Waals surface area contributed by atoms with Crippen LogP contribution in [0.2, 0.25) is 0 Å². The molecule has 0 amide bonds. The maximum Gasteiger partial charge on any atom is 0.0226 e. The van der Waals surface area contributed by atoms with Gasteiger partial charge in [0.1, 0.15) is 0 Å². The zero-order chi connectivity index (χ0) is 8.97. The maximum atomic E-state index is 5.63. The Labute approximate surface area is 87.1 Å². The minimum Gasteiger partial charge on any atom is -0.127 e. The van der Waals surface area contributed by atoms with Gasteiger partial charge >= 0.3 is 0 Å². The van der Waals surface area contributed by atoms with Crippen molar-refractivity contribution < 1.29 is 0 Å². The summed E-state index contributed by atoms with van der Waals surface area (Å²) in [6.07, 6.45) is 2.11. The van der Waals surface area contributed by atoms with Crippen LogP contribution >= 0.6 is 27.5 Å². The zero-order valence-corrected chi connectivity index (χ0v) is 9.45. The number of rotatable bonds is 3. The highest BCUT2D eigenvalue weighted by Gasteiger charge is 1.98. The predicted octanol–water partition coefficient (Wildman–Crippen LogP) is 3.93. The van der Waals surface area contributed by atoms with E-state index in [2.05, 4.69) is 41.1 Å². The Hall–Kier alpha value is -0.0100.